The van der Waals surface area contributed by atoms with Crippen LogP contribution in [0.1, 0.15) is 68.6 Å². The van der Waals surface area contributed by atoms with Crippen LogP contribution in [0.15, 0.2) is 42.6 Å². The number of rotatable bonds is 7. The van der Waals surface area contributed by atoms with Gasteiger partial charge in [0.05, 0.1) is 5.69 Å². The van der Waals surface area contributed by atoms with Gasteiger partial charge in [-0.05, 0) is 41.3 Å². The summed E-state index contributed by atoms with van der Waals surface area (Å²) in [5.41, 5.74) is 4.09. The normalized spacial score (nSPS) is 14.7. The predicted molar refractivity (Wildman–Crippen MR) is 122 cm³/mol. The molecule has 0 bridgehead atoms. The zero-order chi connectivity index (χ0) is 21.8. The average Bonchev–Trinajstić information content (AvgIpc) is 3.52. The van der Waals surface area contributed by atoms with Gasteiger partial charge >= 0.3 is 0 Å². The number of hydrogen-bond acceptors (Lipinski definition) is 6. The van der Waals surface area contributed by atoms with E-state index in [1.54, 1.807) is 0 Å². The lowest BCUT2D eigenvalue weighted by Crippen LogP contribution is -2.08. The molecule has 5 rings (SSSR count). The van der Waals surface area contributed by atoms with Crippen molar-refractivity contribution in [2.75, 3.05) is 0 Å². The number of aryl methyl sites for hydroxylation is 1. The minimum atomic E-state index is 0.525. The maximum Gasteiger partial charge on any atom is 0.179 e. The molecule has 1 fully saturated rings. The van der Waals surface area contributed by atoms with E-state index in [9.17, 15) is 0 Å². The Morgan fingerprint density at radius 1 is 1.00 bits per heavy atom. The number of aromatic nitrogens is 8. The molecule has 8 nitrogen and oxygen atoms in total. The first-order valence-electron chi connectivity index (χ1n) is 11.5. The first-order chi connectivity index (χ1) is 15.8. The lowest BCUT2D eigenvalue weighted by atomic mass is 9.89. The molecule has 3 aromatic heterocycles. The molecule has 32 heavy (non-hydrogen) atoms. The minimum absolute atomic E-state index is 0.525. The van der Waals surface area contributed by atoms with E-state index in [1.807, 2.05) is 30.5 Å². The maximum atomic E-state index is 4.97. The molecule has 8 heteroatoms. The molecule has 0 radical (unpaired) electrons. The van der Waals surface area contributed by atoms with E-state index < -0.39 is 0 Å². The van der Waals surface area contributed by atoms with Crippen molar-refractivity contribution in [2.45, 2.75) is 64.3 Å². The summed E-state index contributed by atoms with van der Waals surface area (Å²) >= 11 is 0. The van der Waals surface area contributed by atoms with E-state index >= 15 is 0 Å². The standard InChI is InChI=1S/C24H28N8/c1-2-14-32-22(26-23(29-32)19-6-4-3-5-7-19)15-17-8-13-21(25-16-17)18-9-11-20(12-10-18)24-27-30-31-28-24/h8-13,16,19H,2-7,14-15H2,1H3,(H,27,28,30,31). The Morgan fingerprint density at radius 2 is 1.81 bits per heavy atom. The molecule has 0 saturated heterocycles. The van der Waals surface area contributed by atoms with Crippen molar-refractivity contribution in [2.24, 2.45) is 0 Å². The number of benzene rings is 1. The molecule has 4 aromatic rings. The lowest BCUT2D eigenvalue weighted by Gasteiger charge is -2.18. The molecule has 0 amide bonds. The zero-order valence-corrected chi connectivity index (χ0v) is 18.4. The van der Waals surface area contributed by atoms with Crippen molar-refractivity contribution in [3.8, 4) is 22.6 Å². The Morgan fingerprint density at radius 3 is 2.50 bits per heavy atom. The maximum absolute atomic E-state index is 4.97. The van der Waals surface area contributed by atoms with Crippen LogP contribution in [0.25, 0.3) is 22.6 Å². The number of aromatic amines is 1. The fraction of sp³-hybridized carbons (Fsp3) is 0.417. The van der Waals surface area contributed by atoms with Crippen LogP contribution in [0.3, 0.4) is 0 Å². The Balaban J connectivity index is 1.31. The van der Waals surface area contributed by atoms with Gasteiger partial charge in [0.25, 0.3) is 0 Å². The van der Waals surface area contributed by atoms with Crippen molar-refractivity contribution in [1.29, 1.82) is 0 Å². The molecule has 0 unspecified atom stereocenters. The van der Waals surface area contributed by atoms with Crippen LogP contribution >= 0.6 is 0 Å². The fourth-order valence-corrected chi connectivity index (χ4v) is 4.41. The zero-order valence-electron chi connectivity index (χ0n) is 18.4. The summed E-state index contributed by atoms with van der Waals surface area (Å²) in [6.45, 7) is 3.10. The Kier molecular flexibility index (Phi) is 6.00. The summed E-state index contributed by atoms with van der Waals surface area (Å²) in [7, 11) is 0. The average molecular weight is 429 g/mol. The second kappa shape index (κ2) is 9.38. The Hall–Kier alpha value is -3.42. The number of H-pyrrole nitrogens is 1. The van der Waals surface area contributed by atoms with Crippen LogP contribution in [0.5, 0.6) is 0 Å². The number of tetrazole rings is 1. The van der Waals surface area contributed by atoms with Crippen LogP contribution < -0.4 is 0 Å². The summed E-state index contributed by atoms with van der Waals surface area (Å²) in [5, 5.41) is 18.9. The van der Waals surface area contributed by atoms with E-state index in [1.165, 1.54) is 32.1 Å². The van der Waals surface area contributed by atoms with Crippen LogP contribution in [-0.4, -0.2) is 40.4 Å². The molecule has 1 aliphatic carbocycles. The lowest BCUT2D eigenvalue weighted by molar-refractivity contribution is 0.425. The number of pyridine rings is 1. The predicted octanol–water partition coefficient (Wildman–Crippen LogP) is 4.57. The molecule has 0 spiro atoms. The van der Waals surface area contributed by atoms with Gasteiger partial charge in [-0.25, -0.2) is 14.8 Å². The molecule has 3 heterocycles. The van der Waals surface area contributed by atoms with Crippen molar-refractivity contribution >= 4 is 0 Å². The second-order valence-corrected chi connectivity index (χ2v) is 8.50. The van der Waals surface area contributed by atoms with Gasteiger partial charge in [-0.1, -0.05) is 56.5 Å². The largest absolute Gasteiger partial charge is 0.256 e. The van der Waals surface area contributed by atoms with Crippen molar-refractivity contribution in [3.05, 3.63) is 59.8 Å². The Labute approximate surface area is 187 Å². The molecule has 1 saturated carbocycles. The topological polar surface area (TPSA) is 98.1 Å². The van der Waals surface area contributed by atoms with Gasteiger partial charge in [0.1, 0.15) is 5.82 Å². The second-order valence-electron chi connectivity index (χ2n) is 8.50. The van der Waals surface area contributed by atoms with Crippen LogP contribution in [0.4, 0.5) is 0 Å². The quantitative estimate of drug-likeness (QED) is 0.463. The van der Waals surface area contributed by atoms with Gasteiger partial charge in [-0.15, -0.1) is 5.10 Å². The highest BCUT2D eigenvalue weighted by Crippen LogP contribution is 2.31. The summed E-state index contributed by atoms with van der Waals surface area (Å²) in [6.07, 6.45) is 10.1. The van der Waals surface area contributed by atoms with Gasteiger partial charge in [0.15, 0.2) is 11.6 Å². The third kappa shape index (κ3) is 4.44. The molecule has 164 valence electrons. The molecule has 1 aromatic carbocycles. The Bertz CT molecular complexity index is 1120. The fourth-order valence-electron chi connectivity index (χ4n) is 4.41. The monoisotopic (exact) mass is 428 g/mol. The minimum Gasteiger partial charge on any atom is -0.256 e. The number of nitrogens with zero attached hydrogens (tertiary/aromatic N) is 7. The highest BCUT2D eigenvalue weighted by Gasteiger charge is 2.21. The van der Waals surface area contributed by atoms with E-state index in [0.717, 1.165) is 53.4 Å². The number of nitrogens with one attached hydrogen (secondary N) is 1. The summed E-state index contributed by atoms with van der Waals surface area (Å²) in [4.78, 5) is 9.67. The third-order valence-corrected chi connectivity index (χ3v) is 6.16. The van der Waals surface area contributed by atoms with Crippen LogP contribution in [0, 0.1) is 0 Å². The molecular weight excluding hydrogens is 400 g/mol. The van der Waals surface area contributed by atoms with Crippen molar-refractivity contribution in [3.63, 3.8) is 0 Å². The van der Waals surface area contributed by atoms with Crippen LogP contribution in [-0.2, 0) is 13.0 Å². The van der Waals surface area contributed by atoms with E-state index in [2.05, 4.69) is 44.4 Å². The highest BCUT2D eigenvalue weighted by molar-refractivity contribution is 5.64. The van der Waals surface area contributed by atoms with Crippen molar-refractivity contribution in [1.82, 2.24) is 40.4 Å². The highest BCUT2D eigenvalue weighted by atomic mass is 15.5. The SMILES string of the molecule is CCCn1nc(C2CCCCC2)nc1Cc1ccc(-c2ccc(-c3nnn[nH]3)cc2)nc1. The third-order valence-electron chi connectivity index (χ3n) is 6.16. The van der Waals surface area contributed by atoms with Gasteiger partial charge in [0, 0.05) is 36.2 Å². The summed E-state index contributed by atoms with van der Waals surface area (Å²) in [5.74, 6) is 3.27. The summed E-state index contributed by atoms with van der Waals surface area (Å²) in [6, 6.07) is 12.3. The van der Waals surface area contributed by atoms with Crippen LogP contribution in [0.2, 0.25) is 0 Å². The smallest absolute Gasteiger partial charge is 0.179 e. The first-order valence-corrected chi connectivity index (χ1v) is 11.5. The van der Waals surface area contributed by atoms with E-state index in [-0.39, 0.29) is 0 Å². The molecule has 0 atom stereocenters. The van der Waals surface area contributed by atoms with E-state index in [4.69, 9.17) is 15.1 Å². The van der Waals surface area contributed by atoms with Gasteiger partial charge in [-0.3, -0.25) is 4.98 Å². The van der Waals surface area contributed by atoms with Gasteiger partial charge < -0.3 is 0 Å². The molecule has 1 aliphatic rings. The number of hydrogen-bond donors (Lipinski definition) is 1. The van der Waals surface area contributed by atoms with Crippen molar-refractivity contribution < 1.29 is 0 Å². The van der Waals surface area contributed by atoms with E-state index in [0.29, 0.717) is 11.7 Å². The van der Waals surface area contributed by atoms with Gasteiger partial charge in [0.2, 0.25) is 0 Å². The summed E-state index contributed by atoms with van der Waals surface area (Å²) < 4.78 is 2.11. The first kappa shape index (κ1) is 20.5. The molecular formula is C24H28N8. The van der Waals surface area contributed by atoms with Gasteiger partial charge in [-0.2, -0.15) is 5.10 Å². The molecule has 0 aliphatic heterocycles. The molecule has 1 N–H and O–H groups in total.